The lowest BCUT2D eigenvalue weighted by atomic mass is 10.0. The summed E-state index contributed by atoms with van der Waals surface area (Å²) in [6, 6.07) is 19.7. The fourth-order valence-electron chi connectivity index (χ4n) is 4.21. The monoisotopic (exact) mass is 512 g/mol. The second-order valence-corrected chi connectivity index (χ2v) is 8.66. The van der Waals surface area contributed by atoms with Gasteiger partial charge in [0.1, 0.15) is 17.3 Å². The summed E-state index contributed by atoms with van der Waals surface area (Å²) in [5.74, 6) is -0.567. The summed E-state index contributed by atoms with van der Waals surface area (Å²) in [7, 11) is 1.55. The van der Waals surface area contributed by atoms with Gasteiger partial charge < -0.3 is 9.47 Å². The Bertz CT molecular complexity index is 1730. The van der Waals surface area contributed by atoms with Gasteiger partial charge in [-0.2, -0.15) is 0 Å². The van der Waals surface area contributed by atoms with E-state index in [1.165, 1.54) is 47.0 Å². The molecule has 6 nitrogen and oxygen atoms in total. The van der Waals surface area contributed by atoms with Crippen molar-refractivity contribution in [3.63, 3.8) is 0 Å². The van der Waals surface area contributed by atoms with Crippen LogP contribution in [0.5, 0.6) is 17.2 Å². The molecule has 2 aromatic heterocycles. The number of aryl methyl sites for hydroxylation is 1. The van der Waals surface area contributed by atoms with E-state index in [4.69, 9.17) is 9.47 Å². The van der Waals surface area contributed by atoms with Crippen LogP contribution in [0.15, 0.2) is 89.9 Å². The van der Waals surface area contributed by atoms with Crippen LogP contribution >= 0.6 is 0 Å². The van der Waals surface area contributed by atoms with Gasteiger partial charge in [0, 0.05) is 29.4 Å². The zero-order chi connectivity index (χ0) is 26.8. The van der Waals surface area contributed by atoms with E-state index in [-0.39, 0.29) is 17.7 Å². The van der Waals surface area contributed by atoms with Crippen molar-refractivity contribution in [3.05, 3.63) is 124 Å². The van der Waals surface area contributed by atoms with Crippen LogP contribution < -0.4 is 15.0 Å². The lowest BCUT2D eigenvalue weighted by molar-refractivity contribution is 0.0991. The normalized spacial score (nSPS) is 10.9. The number of methoxy groups -OCH3 is 1. The molecule has 0 saturated heterocycles. The third-order valence-electron chi connectivity index (χ3n) is 6.15. The van der Waals surface area contributed by atoms with Crippen molar-refractivity contribution < 1.29 is 23.0 Å². The molecule has 5 rings (SSSR count). The quantitative estimate of drug-likeness (QED) is 0.243. The molecule has 0 radical (unpaired) electrons. The standard InChI is InChI=1S/C30H22F2N2O4/c1-18-3-10-23(30(36)34(18)21-7-5-20(31)6-8-21)27(35)16-19-4-12-29(25(32)15-19)38-28-13-14-33-26-11-9-22(37-2)17-24(26)28/h3-15,17H,16H2,1-2H3. The first-order valence-electron chi connectivity index (χ1n) is 11.7. The van der Waals surface area contributed by atoms with Crippen LogP contribution in [0.2, 0.25) is 0 Å². The highest BCUT2D eigenvalue weighted by Gasteiger charge is 2.17. The Morgan fingerprint density at radius 2 is 1.71 bits per heavy atom. The number of nitrogens with zero attached hydrogens (tertiary/aromatic N) is 2. The second kappa shape index (κ2) is 10.3. The first-order chi connectivity index (χ1) is 18.3. The Morgan fingerprint density at radius 1 is 0.921 bits per heavy atom. The maximum Gasteiger partial charge on any atom is 0.266 e. The SMILES string of the molecule is COc1ccc2nccc(Oc3ccc(CC(=O)c4ccc(C)n(-c5ccc(F)cc5)c4=O)cc3F)c2c1. The number of benzene rings is 3. The van der Waals surface area contributed by atoms with Crippen LogP contribution in [-0.2, 0) is 6.42 Å². The largest absolute Gasteiger partial charge is 0.497 e. The predicted molar refractivity (Wildman–Crippen MR) is 140 cm³/mol. The van der Waals surface area contributed by atoms with Crippen molar-refractivity contribution in [2.24, 2.45) is 0 Å². The number of ether oxygens (including phenoxy) is 2. The highest BCUT2D eigenvalue weighted by molar-refractivity contribution is 5.97. The van der Waals surface area contributed by atoms with Gasteiger partial charge in [0.25, 0.3) is 5.56 Å². The first kappa shape index (κ1) is 24.8. The van der Waals surface area contributed by atoms with Gasteiger partial charge in [0.2, 0.25) is 0 Å². The molecular weight excluding hydrogens is 490 g/mol. The molecule has 0 aliphatic heterocycles. The van der Waals surface area contributed by atoms with Gasteiger partial charge in [0.05, 0.1) is 18.2 Å². The minimum atomic E-state index is -0.657. The maximum atomic E-state index is 15.0. The van der Waals surface area contributed by atoms with Crippen LogP contribution in [0.1, 0.15) is 21.6 Å². The Labute approximate surface area is 216 Å². The van der Waals surface area contributed by atoms with Gasteiger partial charge in [-0.05, 0) is 85.3 Å². The molecule has 0 spiro atoms. The van der Waals surface area contributed by atoms with Crippen LogP contribution in [0, 0.1) is 18.6 Å². The summed E-state index contributed by atoms with van der Waals surface area (Å²) in [5.41, 5.74) is 1.51. The fourth-order valence-corrected chi connectivity index (χ4v) is 4.21. The van der Waals surface area contributed by atoms with Gasteiger partial charge in [0.15, 0.2) is 17.3 Å². The average Bonchev–Trinajstić information content (AvgIpc) is 2.91. The molecule has 0 saturated carbocycles. The van der Waals surface area contributed by atoms with E-state index < -0.39 is 23.0 Å². The van der Waals surface area contributed by atoms with E-state index in [0.29, 0.717) is 39.3 Å². The number of fused-ring (bicyclic) bond motifs is 1. The lowest BCUT2D eigenvalue weighted by Crippen LogP contribution is -2.27. The summed E-state index contributed by atoms with van der Waals surface area (Å²) in [5, 5.41) is 0.655. The number of pyridine rings is 2. The number of ketones is 1. The number of hydrogen-bond donors (Lipinski definition) is 0. The van der Waals surface area contributed by atoms with E-state index in [0.717, 1.165) is 0 Å². The van der Waals surface area contributed by atoms with Gasteiger partial charge in [-0.1, -0.05) is 6.07 Å². The van der Waals surface area contributed by atoms with Crippen molar-refractivity contribution >= 4 is 16.7 Å². The van der Waals surface area contributed by atoms with Crippen LogP contribution in [-0.4, -0.2) is 22.4 Å². The highest BCUT2D eigenvalue weighted by Crippen LogP contribution is 2.32. The molecule has 0 aliphatic rings. The molecule has 0 N–H and O–H groups in total. The van der Waals surface area contributed by atoms with E-state index in [1.54, 1.807) is 56.6 Å². The average molecular weight is 513 g/mol. The van der Waals surface area contributed by atoms with Crippen molar-refractivity contribution in [3.8, 4) is 22.9 Å². The molecule has 5 aromatic rings. The van der Waals surface area contributed by atoms with Crippen molar-refractivity contribution in [2.45, 2.75) is 13.3 Å². The number of aromatic nitrogens is 2. The number of carbonyl (C=O) groups is 1. The summed E-state index contributed by atoms with van der Waals surface area (Å²) in [4.78, 5) is 30.4. The number of Topliss-reactive ketones (excluding diaryl/α,β-unsaturated/α-hetero) is 1. The zero-order valence-corrected chi connectivity index (χ0v) is 20.6. The summed E-state index contributed by atoms with van der Waals surface area (Å²) >= 11 is 0. The second-order valence-electron chi connectivity index (χ2n) is 8.66. The molecule has 2 heterocycles. The molecule has 3 aromatic carbocycles. The van der Waals surface area contributed by atoms with E-state index in [2.05, 4.69) is 4.98 Å². The van der Waals surface area contributed by atoms with E-state index in [1.807, 2.05) is 0 Å². The number of carbonyl (C=O) groups excluding carboxylic acids is 1. The van der Waals surface area contributed by atoms with Gasteiger partial charge in [-0.3, -0.25) is 19.1 Å². The van der Waals surface area contributed by atoms with Crippen molar-refractivity contribution in [1.82, 2.24) is 9.55 Å². The smallest absolute Gasteiger partial charge is 0.266 e. The summed E-state index contributed by atoms with van der Waals surface area (Å²) < 4.78 is 40.8. The molecular formula is C30H22F2N2O4. The molecule has 190 valence electrons. The number of halogens is 2. The Morgan fingerprint density at radius 3 is 2.45 bits per heavy atom. The Hall–Kier alpha value is -4.85. The summed E-state index contributed by atoms with van der Waals surface area (Å²) in [6.07, 6.45) is 1.38. The van der Waals surface area contributed by atoms with Crippen LogP contribution in [0.25, 0.3) is 16.6 Å². The molecule has 8 heteroatoms. The van der Waals surface area contributed by atoms with Gasteiger partial charge in [-0.15, -0.1) is 0 Å². The van der Waals surface area contributed by atoms with Crippen LogP contribution in [0.3, 0.4) is 0 Å². The molecule has 38 heavy (non-hydrogen) atoms. The number of hydrogen-bond acceptors (Lipinski definition) is 5. The Balaban J connectivity index is 1.39. The lowest BCUT2D eigenvalue weighted by Gasteiger charge is -2.12. The van der Waals surface area contributed by atoms with Gasteiger partial charge in [-0.25, -0.2) is 8.78 Å². The van der Waals surface area contributed by atoms with Crippen LogP contribution in [0.4, 0.5) is 8.78 Å². The van der Waals surface area contributed by atoms with Gasteiger partial charge >= 0.3 is 0 Å². The highest BCUT2D eigenvalue weighted by atomic mass is 19.1. The molecule has 0 unspecified atom stereocenters. The molecule has 0 aliphatic carbocycles. The van der Waals surface area contributed by atoms with E-state index >= 15 is 4.39 Å². The first-order valence-corrected chi connectivity index (χ1v) is 11.7. The Kier molecular flexibility index (Phi) is 6.70. The zero-order valence-electron chi connectivity index (χ0n) is 20.6. The van der Waals surface area contributed by atoms with Crippen molar-refractivity contribution in [1.29, 1.82) is 0 Å². The fraction of sp³-hybridized carbons (Fsp3) is 0.100. The molecule has 0 fully saturated rings. The van der Waals surface area contributed by atoms with Crippen molar-refractivity contribution in [2.75, 3.05) is 7.11 Å². The third kappa shape index (κ3) is 4.88. The molecule has 0 amide bonds. The summed E-state index contributed by atoms with van der Waals surface area (Å²) in [6.45, 7) is 1.72. The minimum Gasteiger partial charge on any atom is -0.497 e. The van der Waals surface area contributed by atoms with E-state index in [9.17, 15) is 14.0 Å². The maximum absolute atomic E-state index is 15.0. The topological polar surface area (TPSA) is 70.4 Å². The predicted octanol–water partition coefficient (Wildman–Crippen LogP) is 6.20. The molecule has 0 bridgehead atoms. The third-order valence-corrected chi connectivity index (χ3v) is 6.15. The molecule has 0 atom stereocenters. The minimum absolute atomic E-state index is 0.0227. The number of rotatable bonds is 7.